The van der Waals surface area contributed by atoms with Gasteiger partial charge in [-0.3, -0.25) is 0 Å². The number of carbonyl (C=O) groups is 1. The summed E-state index contributed by atoms with van der Waals surface area (Å²) >= 11 is 3.56. The van der Waals surface area contributed by atoms with Crippen molar-refractivity contribution in [3.05, 3.63) is 22.7 Å². The van der Waals surface area contributed by atoms with Crippen molar-refractivity contribution < 1.29 is 14.6 Å². The zero-order valence-corrected chi connectivity index (χ0v) is 16.8. The molecule has 2 aliphatic carbocycles. The number of esters is 1. The first-order valence-electron chi connectivity index (χ1n) is 9.06. The molecule has 5 atom stereocenters. The van der Waals surface area contributed by atoms with Gasteiger partial charge in [-0.15, -0.1) is 0 Å². The molecular formula is C20H31BrO3. The summed E-state index contributed by atoms with van der Waals surface area (Å²) in [7, 11) is 1.35. The number of hydrogen-bond acceptors (Lipinski definition) is 3. The fraction of sp³-hybridized carbons (Fsp3) is 0.750. The molecule has 2 saturated carbocycles. The van der Waals surface area contributed by atoms with E-state index in [1.807, 2.05) is 0 Å². The van der Waals surface area contributed by atoms with E-state index in [0.717, 1.165) is 6.42 Å². The third-order valence-electron chi connectivity index (χ3n) is 6.46. The van der Waals surface area contributed by atoms with Crippen LogP contribution in [0.3, 0.4) is 0 Å². The van der Waals surface area contributed by atoms with Crippen molar-refractivity contribution in [2.75, 3.05) is 7.11 Å². The predicted molar refractivity (Wildman–Crippen MR) is 101 cm³/mol. The Balaban J connectivity index is 1.98. The summed E-state index contributed by atoms with van der Waals surface area (Å²) in [4.78, 5) is 13.6. The molecular weight excluding hydrogens is 368 g/mol. The van der Waals surface area contributed by atoms with Gasteiger partial charge in [0.05, 0.1) is 13.2 Å². The highest BCUT2D eigenvalue weighted by molar-refractivity contribution is 9.11. The maximum atomic E-state index is 11.5. The minimum absolute atomic E-state index is 0.302. The van der Waals surface area contributed by atoms with Gasteiger partial charge >= 0.3 is 5.97 Å². The van der Waals surface area contributed by atoms with Gasteiger partial charge in [0.2, 0.25) is 0 Å². The van der Waals surface area contributed by atoms with E-state index in [4.69, 9.17) is 0 Å². The monoisotopic (exact) mass is 398 g/mol. The molecule has 1 unspecified atom stereocenters. The molecule has 24 heavy (non-hydrogen) atoms. The van der Waals surface area contributed by atoms with Crippen LogP contribution in [0.2, 0.25) is 0 Å². The highest BCUT2D eigenvalue weighted by Gasteiger charge is 2.50. The number of fused-ring (bicyclic) bond motifs is 1. The normalized spacial score (nSPS) is 33.8. The van der Waals surface area contributed by atoms with Gasteiger partial charge in [0, 0.05) is 12.0 Å². The highest BCUT2D eigenvalue weighted by Crippen LogP contribution is 2.60. The van der Waals surface area contributed by atoms with Crippen molar-refractivity contribution in [2.45, 2.75) is 64.9 Å². The maximum Gasteiger partial charge on any atom is 0.333 e. The Hall–Kier alpha value is -0.610. The van der Waals surface area contributed by atoms with E-state index >= 15 is 0 Å². The fourth-order valence-electron chi connectivity index (χ4n) is 5.33. The van der Waals surface area contributed by atoms with E-state index in [0.29, 0.717) is 35.2 Å². The van der Waals surface area contributed by atoms with Gasteiger partial charge in [-0.2, -0.15) is 0 Å². The lowest BCUT2D eigenvalue weighted by atomic mass is 9.61. The quantitative estimate of drug-likeness (QED) is 0.506. The Labute approximate surface area is 154 Å². The molecule has 2 fully saturated rings. The Kier molecular flexibility index (Phi) is 6.72. The molecule has 0 aliphatic heterocycles. The van der Waals surface area contributed by atoms with Crippen molar-refractivity contribution in [3.8, 4) is 0 Å². The second-order valence-electron chi connectivity index (χ2n) is 7.95. The fourth-order valence-corrected chi connectivity index (χ4v) is 5.88. The topological polar surface area (TPSA) is 46.5 Å². The minimum Gasteiger partial charge on any atom is -0.466 e. The number of halogens is 1. The molecule has 4 heteroatoms. The van der Waals surface area contributed by atoms with E-state index in [9.17, 15) is 9.90 Å². The zero-order chi connectivity index (χ0) is 17.9. The summed E-state index contributed by atoms with van der Waals surface area (Å²) in [5, 5.41) is 10.4. The molecule has 136 valence electrons. The molecule has 0 radical (unpaired) electrons. The Morgan fingerprint density at radius 1 is 1.54 bits per heavy atom. The first-order valence-corrected chi connectivity index (χ1v) is 9.98. The lowest BCUT2D eigenvalue weighted by Crippen LogP contribution is -2.36. The third-order valence-corrected chi connectivity index (χ3v) is 7.05. The predicted octanol–water partition coefficient (Wildman–Crippen LogP) is 4.99. The smallest absolute Gasteiger partial charge is 0.333 e. The average molecular weight is 399 g/mol. The molecule has 0 heterocycles. The first-order chi connectivity index (χ1) is 11.3. The minimum atomic E-state index is -0.524. The molecule has 0 amide bonds. The van der Waals surface area contributed by atoms with Gasteiger partial charge in [-0.05, 0) is 66.7 Å². The second-order valence-corrected chi connectivity index (χ2v) is 8.40. The number of aliphatic hydroxyl groups is 1. The van der Waals surface area contributed by atoms with Gasteiger partial charge in [0.15, 0.2) is 0 Å². The maximum absolute atomic E-state index is 11.5. The van der Waals surface area contributed by atoms with E-state index in [1.165, 1.54) is 39.2 Å². The Bertz CT molecular complexity index is 513. The van der Waals surface area contributed by atoms with Crippen LogP contribution < -0.4 is 0 Å². The van der Waals surface area contributed by atoms with Gasteiger partial charge in [0.25, 0.3) is 0 Å². The van der Waals surface area contributed by atoms with Crippen LogP contribution in [0.25, 0.3) is 0 Å². The SMILES string of the molecule is C=C(C[C@@H](O)C[C@@H](C)[C@H]1CCC2C(=CBr)CCC[C@]21C)C(=O)OC. The number of hydrogen-bond donors (Lipinski definition) is 1. The third kappa shape index (κ3) is 3.96. The number of allylic oxidation sites excluding steroid dienone is 1. The van der Waals surface area contributed by atoms with Crippen LogP contribution in [0.5, 0.6) is 0 Å². The Morgan fingerprint density at radius 3 is 2.88 bits per heavy atom. The van der Waals surface area contributed by atoms with E-state index in [2.05, 4.69) is 46.1 Å². The van der Waals surface area contributed by atoms with E-state index in [1.54, 1.807) is 5.57 Å². The molecule has 1 N–H and O–H groups in total. The van der Waals surface area contributed by atoms with Crippen molar-refractivity contribution >= 4 is 21.9 Å². The molecule has 2 rings (SSSR count). The Morgan fingerprint density at radius 2 is 2.25 bits per heavy atom. The van der Waals surface area contributed by atoms with Gasteiger partial charge in [-0.1, -0.05) is 41.9 Å². The molecule has 0 aromatic heterocycles. The van der Waals surface area contributed by atoms with Crippen LogP contribution in [0.1, 0.15) is 58.8 Å². The standard InChI is InChI=1S/C20H31BrO3/c1-13(10-16(22)11-14(2)19(23)24-4)17-7-8-18-15(12-21)6-5-9-20(17,18)3/h12-13,16-18,22H,2,5-11H2,1,3-4H3/t13-,16+,17-,18?,20+/m1/s1. The molecule has 0 aromatic carbocycles. The number of rotatable bonds is 6. The van der Waals surface area contributed by atoms with Crippen LogP contribution in [0.4, 0.5) is 0 Å². The number of carbonyl (C=O) groups excluding carboxylic acids is 1. The zero-order valence-electron chi connectivity index (χ0n) is 15.2. The number of ether oxygens (including phenoxy) is 1. The summed E-state index contributed by atoms with van der Waals surface area (Å²) in [5.41, 5.74) is 2.27. The molecule has 0 saturated heterocycles. The number of aliphatic hydroxyl groups excluding tert-OH is 1. The van der Waals surface area contributed by atoms with Crippen LogP contribution >= 0.6 is 15.9 Å². The van der Waals surface area contributed by atoms with Crippen molar-refractivity contribution in [3.63, 3.8) is 0 Å². The number of methoxy groups -OCH3 is 1. The lowest BCUT2D eigenvalue weighted by Gasteiger charge is -2.44. The summed E-state index contributed by atoms with van der Waals surface area (Å²) in [6, 6.07) is 0. The van der Waals surface area contributed by atoms with Gasteiger partial charge in [-0.25, -0.2) is 4.79 Å². The van der Waals surface area contributed by atoms with Crippen LogP contribution in [0, 0.1) is 23.2 Å². The largest absolute Gasteiger partial charge is 0.466 e. The highest BCUT2D eigenvalue weighted by atomic mass is 79.9. The summed E-state index contributed by atoms with van der Waals surface area (Å²) < 4.78 is 4.67. The van der Waals surface area contributed by atoms with Crippen molar-refractivity contribution in [2.24, 2.45) is 23.2 Å². The van der Waals surface area contributed by atoms with Crippen molar-refractivity contribution in [1.82, 2.24) is 0 Å². The molecule has 0 aromatic rings. The molecule has 2 aliphatic rings. The first kappa shape index (κ1) is 19.7. The van der Waals surface area contributed by atoms with Crippen LogP contribution in [-0.2, 0) is 9.53 Å². The summed E-state index contributed by atoms with van der Waals surface area (Å²) in [5.74, 6) is 1.33. The van der Waals surface area contributed by atoms with Crippen LogP contribution in [-0.4, -0.2) is 24.3 Å². The molecule has 0 spiro atoms. The van der Waals surface area contributed by atoms with Gasteiger partial charge < -0.3 is 9.84 Å². The lowest BCUT2D eigenvalue weighted by molar-refractivity contribution is -0.136. The van der Waals surface area contributed by atoms with E-state index in [-0.39, 0.29) is 0 Å². The average Bonchev–Trinajstić information content (AvgIpc) is 2.90. The van der Waals surface area contributed by atoms with Gasteiger partial charge in [0.1, 0.15) is 0 Å². The summed E-state index contributed by atoms with van der Waals surface area (Å²) in [6.45, 7) is 8.43. The van der Waals surface area contributed by atoms with Crippen molar-refractivity contribution in [1.29, 1.82) is 0 Å². The molecule has 3 nitrogen and oxygen atoms in total. The van der Waals surface area contributed by atoms with Crippen LogP contribution in [0.15, 0.2) is 22.7 Å². The van der Waals surface area contributed by atoms with E-state index < -0.39 is 12.1 Å². The second kappa shape index (κ2) is 8.18. The summed E-state index contributed by atoms with van der Waals surface area (Å²) in [6.07, 6.45) is 6.74. The molecule has 0 bridgehead atoms.